The summed E-state index contributed by atoms with van der Waals surface area (Å²) in [7, 11) is 0. The number of anilines is 1. The highest BCUT2D eigenvalue weighted by Crippen LogP contribution is 2.18. The molecule has 0 atom stereocenters. The van der Waals surface area contributed by atoms with E-state index in [0.29, 0.717) is 11.0 Å². The normalized spacial score (nSPS) is 10.7. The van der Waals surface area contributed by atoms with Crippen molar-refractivity contribution in [2.24, 2.45) is 5.92 Å². The van der Waals surface area contributed by atoms with Crippen LogP contribution in [0.15, 0.2) is 18.3 Å². The standard InChI is InChI=1S/C12H13FN4OS/c1-7(2)5-10-16-17-12(19-10)15-11(18)8-3-4-14-9(13)6-8/h3-4,6-7H,5H2,1-2H3,(H,15,17,18). The zero-order valence-corrected chi connectivity index (χ0v) is 11.4. The minimum Gasteiger partial charge on any atom is -0.296 e. The summed E-state index contributed by atoms with van der Waals surface area (Å²) in [5.41, 5.74) is 0.202. The molecule has 0 spiro atoms. The molecule has 7 heteroatoms. The fourth-order valence-corrected chi connectivity index (χ4v) is 2.40. The predicted molar refractivity (Wildman–Crippen MR) is 70.6 cm³/mol. The molecule has 19 heavy (non-hydrogen) atoms. The molecule has 0 fully saturated rings. The van der Waals surface area contributed by atoms with Crippen molar-refractivity contribution < 1.29 is 9.18 Å². The third-order valence-electron chi connectivity index (χ3n) is 2.26. The Morgan fingerprint density at radius 2 is 2.26 bits per heavy atom. The van der Waals surface area contributed by atoms with Gasteiger partial charge in [0.05, 0.1) is 0 Å². The minimum atomic E-state index is -0.689. The molecule has 1 amide bonds. The minimum absolute atomic E-state index is 0.202. The highest BCUT2D eigenvalue weighted by molar-refractivity contribution is 7.15. The largest absolute Gasteiger partial charge is 0.296 e. The summed E-state index contributed by atoms with van der Waals surface area (Å²) in [4.78, 5) is 15.2. The molecule has 0 radical (unpaired) electrons. The lowest BCUT2D eigenvalue weighted by Gasteiger charge is -2.00. The van der Waals surface area contributed by atoms with E-state index in [2.05, 4.69) is 34.3 Å². The molecule has 0 saturated carbocycles. The Balaban J connectivity index is 2.05. The zero-order chi connectivity index (χ0) is 13.8. The average Bonchev–Trinajstić information content (AvgIpc) is 2.75. The Hall–Kier alpha value is -1.89. The van der Waals surface area contributed by atoms with E-state index >= 15 is 0 Å². The Bertz CT molecular complexity index is 585. The van der Waals surface area contributed by atoms with Gasteiger partial charge in [0.1, 0.15) is 5.01 Å². The molecule has 2 rings (SSSR count). The summed E-state index contributed by atoms with van der Waals surface area (Å²) in [6.07, 6.45) is 2.06. The number of carbonyl (C=O) groups is 1. The maximum absolute atomic E-state index is 12.9. The van der Waals surface area contributed by atoms with Gasteiger partial charge in [-0.3, -0.25) is 10.1 Å². The molecule has 2 heterocycles. The van der Waals surface area contributed by atoms with Crippen LogP contribution in [0.5, 0.6) is 0 Å². The van der Waals surface area contributed by atoms with Gasteiger partial charge in [0.15, 0.2) is 0 Å². The van der Waals surface area contributed by atoms with Crippen LogP contribution >= 0.6 is 11.3 Å². The van der Waals surface area contributed by atoms with Crippen LogP contribution in [-0.4, -0.2) is 21.1 Å². The lowest BCUT2D eigenvalue weighted by Crippen LogP contribution is -2.12. The SMILES string of the molecule is CC(C)Cc1nnc(NC(=O)c2ccnc(F)c2)s1. The molecule has 0 aliphatic rings. The van der Waals surface area contributed by atoms with Gasteiger partial charge >= 0.3 is 0 Å². The van der Waals surface area contributed by atoms with Crippen molar-refractivity contribution in [1.29, 1.82) is 0 Å². The van der Waals surface area contributed by atoms with E-state index in [1.807, 2.05) is 0 Å². The first-order valence-electron chi connectivity index (χ1n) is 5.80. The monoisotopic (exact) mass is 280 g/mol. The second-order valence-electron chi connectivity index (χ2n) is 4.42. The van der Waals surface area contributed by atoms with Crippen molar-refractivity contribution in [1.82, 2.24) is 15.2 Å². The molecule has 5 nitrogen and oxygen atoms in total. The lowest BCUT2D eigenvalue weighted by atomic mass is 10.1. The Morgan fingerprint density at radius 1 is 1.47 bits per heavy atom. The van der Waals surface area contributed by atoms with Gasteiger partial charge in [-0.2, -0.15) is 4.39 Å². The first-order valence-corrected chi connectivity index (χ1v) is 6.61. The van der Waals surface area contributed by atoms with E-state index in [1.54, 1.807) is 0 Å². The number of rotatable bonds is 4. The fraction of sp³-hybridized carbons (Fsp3) is 0.333. The number of carbonyl (C=O) groups excluding carboxylic acids is 1. The van der Waals surface area contributed by atoms with Gasteiger partial charge in [-0.25, -0.2) is 4.98 Å². The summed E-state index contributed by atoms with van der Waals surface area (Å²) in [6, 6.07) is 2.51. The van der Waals surface area contributed by atoms with Crippen LogP contribution < -0.4 is 5.32 Å². The van der Waals surface area contributed by atoms with Gasteiger partial charge in [-0.15, -0.1) is 10.2 Å². The predicted octanol–water partition coefficient (Wildman–Crippen LogP) is 2.52. The first-order chi connectivity index (χ1) is 9.04. The second-order valence-corrected chi connectivity index (χ2v) is 5.48. The summed E-state index contributed by atoms with van der Waals surface area (Å²) < 4.78 is 12.9. The van der Waals surface area contributed by atoms with E-state index in [-0.39, 0.29) is 5.56 Å². The molecule has 0 aliphatic carbocycles. The number of amides is 1. The van der Waals surface area contributed by atoms with Gasteiger partial charge in [-0.05, 0) is 12.0 Å². The molecule has 100 valence electrons. The molecule has 0 saturated heterocycles. The molecule has 0 aliphatic heterocycles. The topological polar surface area (TPSA) is 67.8 Å². The maximum atomic E-state index is 12.9. The Morgan fingerprint density at radius 3 is 2.95 bits per heavy atom. The smallest absolute Gasteiger partial charge is 0.257 e. The fourth-order valence-electron chi connectivity index (χ4n) is 1.45. The lowest BCUT2D eigenvalue weighted by molar-refractivity contribution is 0.102. The molecular weight excluding hydrogens is 267 g/mol. The number of hydrogen-bond acceptors (Lipinski definition) is 5. The van der Waals surface area contributed by atoms with Gasteiger partial charge in [0, 0.05) is 24.2 Å². The highest BCUT2D eigenvalue weighted by Gasteiger charge is 2.11. The number of nitrogens with zero attached hydrogens (tertiary/aromatic N) is 3. The van der Waals surface area contributed by atoms with Crippen molar-refractivity contribution in [2.75, 3.05) is 5.32 Å². The number of pyridine rings is 1. The van der Waals surface area contributed by atoms with Crippen LogP contribution in [0.25, 0.3) is 0 Å². The van der Waals surface area contributed by atoms with Crippen molar-refractivity contribution in [3.63, 3.8) is 0 Å². The average molecular weight is 280 g/mol. The van der Waals surface area contributed by atoms with E-state index in [1.165, 1.54) is 23.6 Å². The van der Waals surface area contributed by atoms with E-state index in [0.717, 1.165) is 17.5 Å². The van der Waals surface area contributed by atoms with Gasteiger partial charge < -0.3 is 0 Å². The van der Waals surface area contributed by atoms with E-state index in [9.17, 15) is 9.18 Å². The van der Waals surface area contributed by atoms with Gasteiger partial charge in [0.25, 0.3) is 5.91 Å². The third kappa shape index (κ3) is 3.78. The molecule has 1 N–H and O–H groups in total. The molecule has 0 aromatic carbocycles. The zero-order valence-electron chi connectivity index (χ0n) is 10.6. The molecule has 2 aromatic heterocycles. The summed E-state index contributed by atoms with van der Waals surface area (Å²) in [5, 5.41) is 11.7. The first kappa shape index (κ1) is 13.5. The molecule has 0 unspecified atom stereocenters. The third-order valence-corrected chi connectivity index (χ3v) is 3.12. The van der Waals surface area contributed by atoms with Crippen molar-refractivity contribution in [2.45, 2.75) is 20.3 Å². The van der Waals surface area contributed by atoms with Gasteiger partial charge in [0.2, 0.25) is 11.1 Å². The van der Waals surface area contributed by atoms with E-state index < -0.39 is 11.9 Å². The van der Waals surface area contributed by atoms with Crippen LogP contribution in [0.3, 0.4) is 0 Å². The van der Waals surface area contributed by atoms with Gasteiger partial charge in [-0.1, -0.05) is 25.2 Å². The number of aromatic nitrogens is 3. The summed E-state index contributed by atoms with van der Waals surface area (Å²) in [6.45, 7) is 4.17. The van der Waals surface area contributed by atoms with Crippen molar-refractivity contribution in [3.8, 4) is 0 Å². The summed E-state index contributed by atoms with van der Waals surface area (Å²) >= 11 is 1.32. The quantitative estimate of drug-likeness (QED) is 0.874. The summed E-state index contributed by atoms with van der Waals surface area (Å²) in [5.74, 6) is -0.634. The second kappa shape index (κ2) is 5.83. The van der Waals surface area contributed by atoms with Crippen LogP contribution in [0, 0.1) is 11.9 Å². The van der Waals surface area contributed by atoms with Crippen molar-refractivity contribution >= 4 is 22.4 Å². The maximum Gasteiger partial charge on any atom is 0.257 e. The molecule has 0 bridgehead atoms. The Labute approximate surface area is 113 Å². The highest BCUT2D eigenvalue weighted by atomic mass is 32.1. The van der Waals surface area contributed by atoms with Crippen LogP contribution in [0.2, 0.25) is 0 Å². The van der Waals surface area contributed by atoms with Crippen LogP contribution in [0.4, 0.5) is 9.52 Å². The molecular formula is C12H13FN4OS. The van der Waals surface area contributed by atoms with Crippen molar-refractivity contribution in [3.05, 3.63) is 34.8 Å². The molecule has 2 aromatic rings. The van der Waals surface area contributed by atoms with Crippen LogP contribution in [0.1, 0.15) is 29.2 Å². The number of halogens is 1. The Kier molecular flexibility index (Phi) is 4.16. The van der Waals surface area contributed by atoms with E-state index in [4.69, 9.17) is 0 Å². The number of nitrogens with one attached hydrogen (secondary N) is 1. The van der Waals surface area contributed by atoms with Crippen LogP contribution in [-0.2, 0) is 6.42 Å². The number of hydrogen-bond donors (Lipinski definition) is 1.